The van der Waals surface area contributed by atoms with E-state index >= 15 is 0 Å². The van der Waals surface area contributed by atoms with Crippen molar-refractivity contribution in [3.8, 4) is 11.3 Å². The SMILES string of the molecule is Cc1ccc(-c2cc(C(=O)N(C)CC(=O)NCCC3CCCN3C)no2)cc1. The second kappa shape index (κ2) is 9.01. The van der Waals surface area contributed by atoms with Crippen molar-refractivity contribution in [3.63, 3.8) is 0 Å². The molecule has 1 unspecified atom stereocenters. The van der Waals surface area contributed by atoms with Crippen LogP contribution in [-0.2, 0) is 4.79 Å². The lowest BCUT2D eigenvalue weighted by Crippen LogP contribution is -2.40. The third kappa shape index (κ3) is 4.98. The Morgan fingerprint density at radius 1 is 1.32 bits per heavy atom. The van der Waals surface area contributed by atoms with E-state index in [2.05, 4.69) is 22.4 Å². The topological polar surface area (TPSA) is 78.7 Å². The highest BCUT2D eigenvalue weighted by Gasteiger charge is 2.22. The first-order chi connectivity index (χ1) is 13.4. The smallest absolute Gasteiger partial charge is 0.276 e. The Labute approximate surface area is 165 Å². The summed E-state index contributed by atoms with van der Waals surface area (Å²) in [6, 6.07) is 9.93. The van der Waals surface area contributed by atoms with Crippen LogP contribution in [0.2, 0.25) is 0 Å². The summed E-state index contributed by atoms with van der Waals surface area (Å²) >= 11 is 0. The summed E-state index contributed by atoms with van der Waals surface area (Å²) in [5.74, 6) is 0.0217. The number of likely N-dealkylation sites (tertiary alicyclic amines) is 1. The third-order valence-electron chi connectivity index (χ3n) is 5.26. The number of nitrogens with one attached hydrogen (secondary N) is 1. The maximum atomic E-state index is 12.5. The summed E-state index contributed by atoms with van der Waals surface area (Å²) in [5, 5.41) is 6.76. The van der Waals surface area contributed by atoms with E-state index in [1.807, 2.05) is 31.2 Å². The fourth-order valence-electron chi connectivity index (χ4n) is 3.49. The van der Waals surface area contributed by atoms with Gasteiger partial charge in [0.05, 0.1) is 6.54 Å². The lowest BCUT2D eigenvalue weighted by molar-refractivity contribution is -0.121. The second-order valence-corrected chi connectivity index (χ2v) is 7.52. The van der Waals surface area contributed by atoms with Crippen molar-refractivity contribution in [2.75, 3.05) is 33.7 Å². The molecule has 0 radical (unpaired) electrons. The minimum Gasteiger partial charge on any atom is -0.355 e. The predicted molar refractivity (Wildman–Crippen MR) is 107 cm³/mol. The highest BCUT2D eigenvalue weighted by atomic mass is 16.5. The molecule has 2 amide bonds. The normalized spacial score (nSPS) is 16.9. The molecule has 1 aromatic heterocycles. The molecule has 0 spiro atoms. The molecule has 1 saturated heterocycles. The fourth-order valence-corrected chi connectivity index (χ4v) is 3.49. The van der Waals surface area contributed by atoms with E-state index in [1.165, 1.54) is 17.7 Å². The molecule has 1 aliphatic heterocycles. The molecule has 2 heterocycles. The Morgan fingerprint density at radius 2 is 2.07 bits per heavy atom. The number of aromatic nitrogens is 1. The zero-order valence-corrected chi connectivity index (χ0v) is 16.8. The van der Waals surface area contributed by atoms with Gasteiger partial charge in [0.1, 0.15) is 0 Å². The lowest BCUT2D eigenvalue weighted by atomic mass is 10.1. The van der Waals surface area contributed by atoms with Crippen LogP contribution in [0.15, 0.2) is 34.9 Å². The molecule has 1 atom stereocenters. The van der Waals surface area contributed by atoms with Crippen molar-refractivity contribution in [2.45, 2.75) is 32.2 Å². The van der Waals surface area contributed by atoms with Crippen molar-refractivity contribution in [1.82, 2.24) is 20.3 Å². The van der Waals surface area contributed by atoms with Gasteiger partial charge in [-0.25, -0.2) is 0 Å². The van der Waals surface area contributed by atoms with E-state index in [0.29, 0.717) is 18.3 Å². The zero-order valence-electron chi connectivity index (χ0n) is 16.8. The van der Waals surface area contributed by atoms with Crippen LogP contribution in [0, 0.1) is 6.92 Å². The summed E-state index contributed by atoms with van der Waals surface area (Å²) in [4.78, 5) is 28.3. The van der Waals surface area contributed by atoms with Gasteiger partial charge >= 0.3 is 0 Å². The van der Waals surface area contributed by atoms with Gasteiger partial charge in [-0.15, -0.1) is 0 Å². The Balaban J connectivity index is 1.48. The van der Waals surface area contributed by atoms with Crippen LogP contribution in [0.1, 0.15) is 35.3 Å². The van der Waals surface area contributed by atoms with Gasteiger partial charge < -0.3 is 19.6 Å². The number of nitrogens with zero attached hydrogens (tertiary/aromatic N) is 3. The van der Waals surface area contributed by atoms with Gasteiger partial charge in [-0.3, -0.25) is 9.59 Å². The number of carbonyl (C=O) groups is 2. The standard InChI is InChI=1S/C21H28N4O3/c1-15-6-8-16(9-7-15)19-13-18(23-28-19)21(27)25(3)14-20(26)22-11-10-17-5-4-12-24(17)2/h6-9,13,17H,4-5,10-12,14H2,1-3H3,(H,22,26). The summed E-state index contributed by atoms with van der Waals surface area (Å²) < 4.78 is 5.30. The maximum absolute atomic E-state index is 12.5. The van der Waals surface area contributed by atoms with Crippen LogP contribution in [-0.4, -0.2) is 66.5 Å². The van der Waals surface area contributed by atoms with Gasteiger partial charge in [-0.1, -0.05) is 35.0 Å². The van der Waals surface area contributed by atoms with E-state index in [0.717, 1.165) is 24.1 Å². The molecule has 7 heteroatoms. The molecule has 1 aromatic carbocycles. The van der Waals surface area contributed by atoms with E-state index in [-0.39, 0.29) is 24.1 Å². The molecule has 150 valence electrons. The molecular formula is C21H28N4O3. The number of benzene rings is 1. The summed E-state index contributed by atoms with van der Waals surface area (Å²) in [5.41, 5.74) is 2.19. The number of hydrogen-bond donors (Lipinski definition) is 1. The van der Waals surface area contributed by atoms with Crippen LogP contribution in [0.4, 0.5) is 0 Å². The Hall–Kier alpha value is -2.67. The summed E-state index contributed by atoms with van der Waals surface area (Å²) in [6.45, 7) is 3.74. The number of amides is 2. The first kappa shape index (κ1) is 20.1. The first-order valence-electron chi connectivity index (χ1n) is 9.70. The number of carbonyl (C=O) groups excluding carboxylic acids is 2. The van der Waals surface area contributed by atoms with Crippen LogP contribution in [0.5, 0.6) is 0 Å². The number of hydrogen-bond acceptors (Lipinski definition) is 5. The van der Waals surface area contributed by atoms with Crippen LogP contribution in [0.3, 0.4) is 0 Å². The number of aryl methyl sites for hydroxylation is 1. The largest absolute Gasteiger partial charge is 0.355 e. The van der Waals surface area contributed by atoms with Gasteiger partial charge in [0.25, 0.3) is 5.91 Å². The Kier molecular flexibility index (Phi) is 6.46. The predicted octanol–water partition coefficient (Wildman–Crippen LogP) is 2.32. The van der Waals surface area contributed by atoms with Crippen molar-refractivity contribution in [3.05, 3.63) is 41.6 Å². The van der Waals surface area contributed by atoms with E-state index < -0.39 is 0 Å². The van der Waals surface area contributed by atoms with Gasteiger partial charge in [-0.05, 0) is 39.8 Å². The molecule has 0 saturated carbocycles. The molecule has 3 rings (SSSR count). The van der Waals surface area contributed by atoms with Crippen LogP contribution >= 0.6 is 0 Å². The Morgan fingerprint density at radius 3 is 2.75 bits per heavy atom. The van der Waals surface area contributed by atoms with E-state index in [9.17, 15) is 9.59 Å². The van der Waals surface area contributed by atoms with E-state index in [4.69, 9.17) is 4.52 Å². The third-order valence-corrected chi connectivity index (χ3v) is 5.26. The molecule has 7 nitrogen and oxygen atoms in total. The lowest BCUT2D eigenvalue weighted by Gasteiger charge is -2.20. The van der Waals surface area contributed by atoms with Gasteiger partial charge in [0.15, 0.2) is 11.5 Å². The van der Waals surface area contributed by atoms with Gasteiger partial charge in [0.2, 0.25) is 5.91 Å². The molecule has 0 bridgehead atoms. The minimum atomic E-state index is -0.340. The molecule has 1 fully saturated rings. The molecule has 0 aliphatic carbocycles. The summed E-state index contributed by atoms with van der Waals surface area (Å²) in [7, 11) is 3.71. The van der Waals surface area contributed by atoms with Gasteiger partial charge in [0, 0.05) is 31.3 Å². The van der Waals surface area contributed by atoms with Crippen LogP contribution < -0.4 is 5.32 Å². The van der Waals surface area contributed by atoms with E-state index in [1.54, 1.807) is 13.1 Å². The monoisotopic (exact) mass is 384 g/mol. The molecule has 2 aromatic rings. The molecular weight excluding hydrogens is 356 g/mol. The van der Waals surface area contributed by atoms with Crippen molar-refractivity contribution in [1.29, 1.82) is 0 Å². The number of likely N-dealkylation sites (N-methyl/N-ethyl adjacent to an activating group) is 1. The molecule has 1 N–H and O–H groups in total. The average Bonchev–Trinajstić information content (AvgIpc) is 3.31. The highest BCUT2D eigenvalue weighted by Crippen LogP contribution is 2.21. The first-order valence-corrected chi connectivity index (χ1v) is 9.70. The average molecular weight is 384 g/mol. The second-order valence-electron chi connectivity index (χ2n) is 7.52. The minimum absolute atomic E-state index is 0.00787. The zero-order chi connectivity index (χ0) is 20.1. The highest BCUT2D eigenvalue weighted by molar-refractivity contribution is 5.95. The summed E-state index contributed by atoms with van der Waals surface area (Å²) in [6.07, 6.45) is 3.33. The van der Waals surface area contributed by atoms with Crippen molar-refractivity contribution < 1.29 is 14.1 Å². The van der Waals surface area contributed by atoms with Gasteiger partial charge in [-0.2, -0.15) is 0 Å². The molecule has 1 aliphatic rings. The quantitative estimate of drug-likeness (QED) is 0.793. The van der Waals surface area contributed by atoms with Crippen molar-refractivity contribution in [2.24, 2.45) is 0 Å². The van der Waals surface area contributed by atoms with Crippen molar-refractivity contribution >= 4 is 11.8 Å². The molecule has 28 heavy (non-hydrogen) atoms. The van der Waals surface area contributed by atoms with Crippen LogP contribution in [0.25, 0.3) is 11.3 Å². The Bertz CT molecular complexity index is 815. The maximum Gasteiger partial charge on any atom is 0.276 e. The fraction of sp³-hybridized carbons (Fsp3) is 0.476. The number of rotatable bonds is 7.